The third-order valence-electron chi connectivity index (χ3n) is 4.30. The van der Waals surface area contributed by atoms with Crippen LogP contribution in [0.1, 0.15) is 22.5 Å². The zero-order valence-electron chi connectivity index (χ0n) is 14.1. The molecule has 144 valence electrons. The minimum Gasteiger partial charge on any atom is -0.346 e. The summed E-state index contributed by atoms with van der Waals surface area (Å²) in [7, 11) is -7.23. The number of benzene rings is 1. The highest BCUT2D eigenvalue weighted by Gasteiger charge is 2.38. The number of pyridine rings is 1. The summed E-state index contributed by atoms with van der Waals surface area (Å²) in [4.78, 5) is 16.4. The Labute approximate surface area is 162 Å². The molecule has 1 aliphatic heterocycles. The maximum absolute atomic E-state index is 12.7. The fraction of sp³-hybridized carbons (Fsp3) is 0.294. The molecule has 1 saturated heterocycles. The number of rotatable bonds is 5. The monoisotopic (exact) mass is 428 g/mol. The predicted molar refractivity (Wildman–Crippen MR) is 101 cm³/mol. The van der Waals surface area contributed by atoms with Crippen LogP contribution in [0, 0.1) is 0 Å². The van der Waals surface area contributed by atoms with E-state index in [1.165, 1.54) is 18.2 Å². The summed E-state index contributed by atoms with van der Waals surface area (Å²) in [5.74, 6) is -1.09. The molecule has 0 bridgehead atoms. The molecule has 1 fully saturated rings. The summed E-state index contributed by atoms with van der Waals surface area (Å²) in [5, 5.41) is 1.74. The molecule has 0 radical (unpaired) electrons. The van der Waals surface area contributed by atoms with Crippen molar-refractivity contribution in [3.05, 3.63) is 58.9 Å². The zero-order valence-corrected chi connectivity index (χ0v) is 16.5. The van der Waals surface area contributed by atoms with Crippen LogP contribution in [0.25, 0.3) is 0 Å². The van der Waals surface area contributed by atoms with Crippen LogP contribution >= 0.6 is 11.6 Å². The van der Waals surface area contributed by atoms with E-state index in [2.05, 4.69) is 10.3 Å². The maximum Gasteiger partial charge on any atom is 0.253 e. The van der Waals surface area contributed by atoms with Crippen LogP contribution in [0.4, 0.5) is 0 Å². The summed E-state index contributed by atoms with van der Waals surface area (Å²) in [6, 6.07) is 9.08. The Hall–Kier alpha value is -1.97. The van der Waals surface area contributed by atoms with E-state index >= 15 is 0 Å². The molecule has 1 atom stereocenters. The Morgan fingerprint density at radius 1 is 1.26 bits per heavy atom. The van der Waals surface area contributed by atoms with Gasteiger partial charge >= 0.3 is 0 Å². The molecule has 0 spiro atoms. The highest BCUT2D eigenvalue weighted by atomic mass is 35.5. The van der Waals surface area contributed by atoms with Gasteiger partial charge in [0.25, 0.3) is 5.91 Å². The predicted octanol–water partition coefficient (Wildman–Crippen LogP) is 1.63. The number of halogens is 1. The van der Waals surface area contributed by atoms with Crippen molar-refractivity contribution in [3.63, 3.8) is 0 Å². The van der Waals surface area contributed by atoms with Crippen LogP contribution in [0.3, 0.4) is 0 Å². The second-order valence-electron chi connectivity index (χ2n) is 6.22. The molecule has 7 nitrogen and oxygen atoms in total. The molecule has 1 aliphatic rings. The summed E-state index contributed by atoms with van der Waals surface area (Å²) < 4.78 is 48.7. The zero-order chi connectivity index (χ0) is 19.7. The largest absolute Gasteiger partial charge is 0.346 e. The second kappa shape index (κ2) is 7.57. The SMILES string of the molecule is O=C(NCc1ccccn1)c1cc(S(=O)(=O)C2CCS(=O)(=O)C2)ccc1Cl. The summed E-state index contributed by atoms with van der Waals surface area (Å²) in [5.41, 5.74) is 0.649. The molecular weight excluding hydrogens is 412 g/mol. The van der Waals surface area contributed by atoms with Crippen LogP contribution in [-0.2, 0) is 26.2 Å². The van der Waals surface area contributed by atoms with Gasteiger partial charge in [-0.3, -0.25) is 9.78 Å². The Morgan fingerprint density at radius 3 is 2.67 bits per heavy atom. The highest BCUT2D eigenvalue weighted by Crippen LogP contribution is 2.28. The quantitative estimate of drug-likeness (QED) is 0.774. The molecule has 3 rings (SSSR count). The Morgan fingerprint density at radius 2 is 2.04 bits per heavy atom. The Bertz CT molecular complexity index is 1070. The van der Waals surface area contributed by atoms with Crippen molar-refractivity contribution in [1.82, 2.24) is 10.3 Å². The number of aromatic nitrogens is 1. The lowest BCUT2D eigenvalue weighted by Crippen LogP contribution is -2.25. The first-order valence-electron chi connectivity index (χ1n) is 8.11. The van der Waals surface area contributed by atoms with Crippen molar-refractivity contribution in [2.24, 2.45) is 0 Å². The number of carbonyl (C=O) groups excluding carboxylic acids is 1. The van der Waals surface area contributed by atoms with E-state index in [0.29, 0.717) is 5.69 Å². The lowest BCUT2D eigenvalue weighted by atomic mass is 10.2. The van der Waals surface area contributed by atoms with E-state index in [1.54, 1.807) is 24.4 Å². The average Bonchev–Trinajstić information content (AvgIpc) is 3.01. The van der Waals surface area contributed by atoms with E-state index in [1.807, 2.05) is 0 Å². The van der Waals surface area contributed by atoms with E-state index in [-0.39, 0.29) is 34.2 Å². The number of sulfone groups is 2. The molecule has 0 aliphatic carbocycles. The number of carbonyl (C=O) groups is 1. The first-order valence-corrected chi connectivity index (χ1v) is 11.9. The highest BCUT2D eigenvalue weighted by molar-refractivity contribution is 7.96. The fourth-order valence-electron chi connectivity index (χ4n) is 2.82. The minimum absolute atomic E-state index is 0.00882. The van der Waals surface area contributed by atoms with Crippen molar-refractivity contribution in [1.29, 1.82) is 0 Å². The van der Waals surface area contributed by atoms with Gasteiger partial charge in [0.05, 0.1) is 44.5 Å². The lowest BCUT2D eigenvalue weighted by molar-refractivity contribution is 0.0950. The maximum atomic E-state index is 12.7. The number of hydrogen-bond acceptors (Lipinski definition) is 6. The topological polar surface area (TPSA) is 110 Å². The first-order chi connectivity index (χ1) is 12.7. The van der Waals surface area contributed by atoms with Gasteiger partial charge in [-0.2, -0.15) is 0 Å². The van der Waals surface area contributed by atoms with Crippen LogP contribution in [-0.4, -0.2) is 44.5 Å². The van der Waals surface area contributed by atoms with E-state index in [4.69, 9.17) is 11.6 Å². The molecule has 1 aromatic heterocycles. The lowest BCUT2D eigenvalue weighted by Gasteiger charge is -2.12. The number of nitrogens with zero attached hydrogens (tertiary/aromatic N) is 1. The number of amides is 1. The first kappa shape index (κ1) is 19.8. The summed E-state index contributed by atoms with van der Waals surface area (Å²) in [6.45, 7) is 0.161. The van der Waals surface area contributed by atoms with Crippen LogP contribution < -0.4 is 5.32 Å². The molecule has 27 heavy (non-hydrogen) atoms. The van der Waals surface area contributed by atoms with Crippen LogP contribution in [0.15, 0.2) is 47.5 Å². The van der Waals surface area contributed by atoms with Crippen molar-refractivity contribution < 1.29 is 21.6 Å². The fourth-order valence-corrected chi connectivity index (χ4v) is 7.41. The molecule has 0 saturated carbocycles. The van der Waals surface area contributed by atoms with Gasteiger partial charge in [-0.05, 0) is 36.8 Å². The van der Waals surface area contributed by atoms with Crippen molar-refractivity contribution >= 4 is 37.2 Å². The normalized spacial score (nSPS) is 18.9. The summed E-state index contributed by atoms with van der Waals surface area (Å²) in [6.07, 6.45) is 1.64. The smallest absolute Gasteiger partial charge is 0.253 e. The van der Waals surface area contributed by atoms with Crippen LogP contribution in [0.5, 0.6) is 0 Å². The number of hydrogen-bond donors (Lipinski definition) is 1. The Balaban J connectivity index is 1.82. The molecule has 1 amide bonds. The Kier molecular flexibility index (Phi) is 5.55. The van der Waals surface area contributed by atoms with Crippen LogP contribution in [0.2, 0.25) is 5.02 Å². The molecule has 1 unspecified atom stereocenters. The van der Waals surface area contributed by atoms with Gasteiger partial charge < -0.3 is 5.32 Å². The molecule has 10 heteroatoms. The van der Waals surface area contributed by atoms with Gasteiger partial charge in [-0.1, -0.05) is 17.7 Å². The van der Waals surface area contributed by atoms with Gasteiger partial charge in [0.1, 0.15) is 0 Å². The number of nitrogens with one attached hydrogen (secondary N) is 1. The van der Waals surface area contributed by atoms with Gasteiger partial charge in [-0.25, -0.2) is 16.8 Å². The molecule has 1 aromatic carbocycles. The molecular formula is C17H17ClN2O5S2. The second-order valence-corrected chi connectivity index (χ2v) is 11.1. The van der Waals surface area contributed by atoms with Gasteiger partial charge in [-0.15, -0.1) is 0 Å². The van der Waals surface area contributed by atoms with Crippen molar-refractivity contribution in [2.75, 3.05) is 11.5 Å². The average molecular weight is 429 g/mol. The molecule has 1 N–H and O–H groups in total. The standard InChI is InChI=1S/C17H17ClN2O5S2/c18-16-5-4-13(27(24,25)14-6-8-26(22,23)11-14)9-15(16)17(21)20-10-12-3-1-2-7-19-12/h1-5,7,9,14H,6,8,10-11H2,(H,20,21). The molecule has 2 aromatic rings. The van der Waals surface area contributed by atoms with E-state index in [0.717, 1.165) is 0 Å². The third-order valence-corrected chi connectivity index (χ3v) is 8.80. The van der Waals surface area contributed by atoms with Crippen molar-refractivity contribution in [2.45, 2.75) is 23.1 Å². The van der Waals surface area contributed by atoms with Gasteiger partial charge in [0, 0.05) is 6.20 Å². The third kappa shape index (κ3) is 4.48. The van der Waals surface area contributed by atoms with Crippen molar-refractivity contribution in [3.8, 4) is 0 Å². The van der Waals surface area contributed by atoms with E-state index in [9.17, 15) is 21.6 Å². The van der Waals surface area contributed by atoms with Gasteiger partial charge in [0.2, 0.25) is 0 Å². The van der Waals surface area contributed by atoms with Gasteiger partial charge in [0.15, 0.2) is 19.7 Å². The summed E-state index contributed by atoms with van der Waals surface area (Å²) >= 11 is 6.06. The van der Waals surface area contributed by atoms with E-state index < -0.39 is 36.6 Å². The minimum atomic E-state index is -3.88. The molecule has 2 heterocycles.